The van der Waals surface area contributed by atoms with Crippen molar-refractivity contribution in [3.8, 4) is 0 Å². The lowest BCUT2D eigenvalue weighted by Gasteiger charge is -2.16. The summed E-state index contributed by atoms with van der Waals surface area (Å²) in [6.07, 6.45) is 8.49. The van der Waals surface area contributed by atoms with E-state index < -0.39 is 0 Å². The minimum atomic E-state index is -0.145. The van der Waals surface area contributed by atoms with E-state index in [1.165, 1.54) is 0 Å². The highest BCUT2D eigenvalue weighted by molar-refractivity contribution is 5.82. The highest BCUT2D eigenvalue weighted by Crippen LogP contribution is 2.34. The number of hydrogen-bond acceptors (Lipinski definition) is 3. The van der Waals surface area contributed by atoms with Gasteiger partial charge in [0.25, 0.3) is 0 Å². The number of ether oxygens (including phenoxy) is 1. The van der Waals surface area contributed by atoms with Gasteiger partial charge in [-0.15, -0.1) is 0 Å². The first-order valence-corrected chi connectivity index (χ1v) is 6.95. The van der Waals surface area contributed by atoms with Crippen LogP contribution in [0.15, 0.2) is 12.2 Å². The lowest BCUT2D eigenvalue weighted by Crippen LogP contribution is -2.15. The van der Waals surface area contributed by atoms with Gasteiger partial charge in [-0.3, -0.25) is 9.59 Å². The summed E-state index contributed by atoms with van der Waals surface area (Å²) in [5, 5.41) is 0. The second-order valence-corrected chi connectivity index (χ2v) is 5.05. The van der Waals surface area contributed by atoms with Crippen LogP contribution < -0.4 is 0 Å². The summed E-state index contributed by atoms with van der Waals surface area (Å²) in [5.41, 5.74) is 0. The van der Waals surface area contributed by atoms with Crippen molar-refractivity contribution in [3.63, 3.8) is 0 Å². The molecule has 0 saturated heterocycles. The molecule has 1 aliphatic carbocycles. The van der Waals surface area contributed by atoms with Crippen LogP contribution in [0.2, 0.25) is 0 Å². The van der Waals surface area contributed by atoms with E-state index in [0.29, 0.717) is 31.8 Å². The molecule has 0 aromatic rings. The molecule has 0 heterocycles. The number of carbonyl (C=O) groups excluding carboxylic acids is 2. The molecule has 0 radical (unpaired) electrons. The van der Waals surface area contributed by atoms with Gasteiger partial charge in [0.2, 0.25) is 0 Å². The quantitative estimate of drug-likeness (QED) is 0.397. The van der Waals surface area contributed by atoms with Gasteiger partial charge >= 0.3 is 5.97 Å². The lowest BCUT2D eigenvalue weighted by molar-refractivity contribution is -0.145. The zero-order valence-corrected chi connectivity index (χ0v) is 11.5. The van der Waals surface area contributed by atoms with E-state index in [4.69, 9.17) is 4.74 Å². The molecule has 0 aromatic carbocycles. The monoisotopic (exact) mass is 252 g/mol. The van der Waals surface area contributed by atoms with Crippen LogP contribution in [-0.4, -0.2) is 18.4 Å². The van der Waals surface area contributed by atoms with Crippen LogP contribution in [0.25, 0.3) is 0 Å². The molecular weight excluding hydrogens is 228 g/mol. The SMILES string of the molecule is CC=CCC1CC(=O)CC1CC(=O)OCCCC. The summed E-state index contributed by atoms with van der Waals surface area (Å²) in [6, 6.07) is 0. The van der Waals surface area contributed by atoms with Crippen LogP contribution in [0, 0.1) is 11.8 Å². The third kappa shape index (κ3) is 5.03. The van der Waals surface area contributed by atoms with E-state index in [2.05, 4.69) is 13.0 Å². The van der Waals surface area contributed by atoms with Crippen molar-refractivity contribution >= 4 is 11.8 Å². The molecule has 0 N–H and O–H groups in total. The van der Waals surface area contributed by atoms with Gasteiger partial charge in [0.1, 0.15) is 5.78 Å². The average molecular weight is 252 g/mol. The number of Topliss-reactive ketones (excluding diaryl/α,β-unsaturated/α-hetero) is 1. The van der Waals surface area contributed by atoms with Crippen molar-refractivity contribution in [3.05, 3.63) is 12.2 Å². The van der Waals surface area contributed by atoms with Gasteiger partial charge in [-0.25, -0.2) is 0 Å². The smallest absolute Gasteiger partial charge is 0.306 e. The summed E-state index contributed by atoms with van der Waals surface area (Å²) in [5.74, 6) is 0.653. The van der Waals surface area contributed by atoms with Crippen molar-refractivity contribution in [1.82, 2.24) is 0 Å². The number of carbonyl (C=O) groups is 2. The third-order valence-corrected chi connectivity index (χ3v) is 3.51. The predicted molar refractivity (Wildman–Crippen MR) is 71.1 cm³/mol. The van der Waals surface area contributed by atoms with Crippen molar-refractivity contribution in [1.29, 1.82) is 0 Å². The first-order valence-electron chi connectivity index (χ1n) is 6.95. The van der Waals surface area contributed by atoms with Gasteiger partial charge in [-0.1, -0.05) is 25.5 Å². The van der Waals surface area contributed by atoms with Gasteiger partial charge in [-0.05, 0) is 31.6 Å². The number of ketones is 1. The maximum atomic E-state index is 11.6. The van der Waals surface area contributed by atoms with Crippen LogP contribution >= 0.6 is 0 Å². The van der Waals surface area contributed by atoms with E-state index in [1.54, 1.807) is 0 Å². The summed E-state index contributed by atoms with van der Waals surface area (Å²) in [7, 11) is 0. The maximum Gasteiger partial charge on any atom is 0.306 e. The zero-order valence-electron chi connectivity index (χ0n) is 11.5. The molecule has 0 aromatic heterocycles. The topological polar surface area (TPSA) is 43.4 Å². The molecule has 3 nitrogen and oxygen atoms in total. The number of hydrogen-bond donors (Lipinski definition) is 0. The van der Waals surface area contributed by atoms with Gasteiger partial charge in [0.15, 0.2) is 0 Å². The molecule has 0 amide bonds. The molecule has 1 saturated carbocycles. The normalized spacial score (nSPS) is 23.8. The molecule has 0 bridgehead atoms. The van der Waals surface area contributed by atoms with E-state index in [1.807, 2.05) is 13.0 Å². The van der Waals surface area contributed by atoms with Crippen LogP contribution in [0.1, 0.15) is 52.4 Å². The predicted octanol–water partition coefficient (Wildman–Crippen LogP) is 3.28. The molecular formula is C15H24O3. The van der Waals surface area contributed by atoms with Crippen LogP contribution in [-0.2, 0) is 14.3 Å². The Bertz CT molecular complexity index is 307. The second kappa shape index (κ2) is 8.06. The van der Waals surface area contributed by atoms with Gasteiger partial charge in [0.05, 0.1) is 6.61 Å². The Morgan fingerprint density at radius 2 is 2.11 bits per heavy atom. The molecule has 1 rings (SSSR count). The summed E-state index contributed by atoms with van der Waals surface area (Å²) in [4.78, 5) is 23.1. The lowest BCUT2D eigenvalue weighted by atomic mass is 9.90. The highest BCUT2D eigenvalue weighted by atomic mass is 16.5. The number of allylic oxidation sites excluding steroid dienone is 2. The Kier molecular flexibility index (Phi) is 6.69. The molecule has 3 heteroatoms. The van der Waals surface area contributed by atoms with E-state index in [0.717, 1.165) is 19.3 Å². The van der Waals surface area contributed by atoms with Crippen molar-refractivity contribution in [2.24, 2.45) is 11.8 Å². The molecule has 0 aliphatic heterocycles. The van der Waals surface area contributed by atoms with Crippen molar-refractivity contribution in [2.75, 3.05) is 6.61 Å². The average Bonchev–Trinajstić information content (AvgIpc) is 2.67. The summed E-state index contributed by atoms with van der Waals surface area (Å²) >= 11 is 0. The zero-order chi connectivity index (χ0) is 13.4. The number of unbranched alkanes of at least 4 members (excludes halogenated alkanes) is 1. The fourth-order valence-electron chi connectivity index (χ4n) is 2.43. The fourth-order valence-corrected chi connectivity index (χ4v) is 2.43. The molecule has 18 heavy (non-hydrogen) atoms. The molecule has 1 aliphatic rings. The van der Waals surface area contributed by atoms with Gasteiger partial charge < -0.3 is 4.74 Å². The Hall–Kier alpha value is -1.12. The Morgan fingerprint density at radius 3 is 2.78 bits per heavy atom. The first kappa shape index (κ1) is 14.9. The molecule has 0 spiro atoms. The third-order valence-electron chi connectivity index (χ3n) is 3.51. The van der Waals surface area contributed by atoms with Crippen LogP contribution in [0.3, 0.4) is 0 Å². The maximum absolute atomic E-state index is 11.6. The van der Waals surface area contributed by atoms with E-state index in [9.17, 15) is 9.59 Å². The summed E-state index contributed by atoms with van der Waals surface area (Å²) < 4.78 is 5.16. The minimum absolute atomic E-state index is 0.145. The highest BCUT2D eigenvalue weighted by Gasteiger charge is 2.33. The van der Waals surface area contributed by atoms with Crippen LogP contribution in [0.5, 0.6) is 0 Å². The minimum Gasteiger partial charge on any atom is -0.466 e. The first-order chi connectivity index (χ1) is 8.67. The van der Waals surface area contributed by atoms with Crippen molar-refractivity contribution < 1.29 is 14.3 Å². The van der Waals surface area contributed by atoms with Crippen LogP contribution in [0.4, 0.5) is 0 Å². The molecule has 1 fully saturated rings. The molecule has 102 valence electrons. The standard InChI is InChI=1S/C15H24O3/c1-3-5-7-12-9-14(16)10-13(12)11-15(17)18-8-6-4-2/h3,5,12-13H,4,6-11H2,1-2H3. The van der Waals surface area contributed by atoms with E-state index >= 15 is 0 Å². The van der Waals surface area contributed by atoms with Gasteiger partial charge in [-0.2, -0.15) is 0 Å². The molecule has 2 unspecified atom stereocenters. The van der Waals surface area contributed by atoms with Gasteiger partial charge in [0, 0.05) is 19.3 Å². The number of esters is 1. The Labute approximate surface area is 110 Å². The fraction of sp³-hybridized carbons (Fsp3) is 0.733. The largest absolute Gasteiger partial charge is 0.466 e. The molecule has 2 atom stereocenters. The van der Waals surface area contributed by atoms with E-state index in [-0.39, 0.29) is 17.7 Å². The number of rotatable bonds is 7. The van der Waals surface area contributed by atoms with Crippen molar-refractivity contribution in [2.45, 2.75) is 52.4 Å². The Balaban J connectivity index is 2.38. The summed E-state index contributed by atoms with van der Waals surface area (Å²) in [6.45, 7) is 4.55. The second-order valence-electron chi connectivity index (χ2n) is 5.05. The Morgan fingerprint density at radius 1 is 1.39 bits per heavy atom.